The zero-order valence-corrected chi connectivity index (χ0v) is 18.9. The van der Waals surface area contributed by atoms with Crippen LogP contribution in [0.25, 0.3) is 0 Å². The Bertz CT molecular complexity index is 601. The Kier molecular flexibility index (Phi) is 11.6. The van der Waals surface area contributed by atoms with E-state index in [2.05, 4.69) is 10.6 Å². The number of hydrogen-bond donors (Lipinski definition) is 3. The van der Waals surface area contributed by atoms with Crippen molar-refractivity contribution >= 4 is 17.8 Å². The van der Waals surface area contributed by atoms with Gasteiger partial charge in [0.05, 0.1) is 18.6 Å². The number of carbonyl (C=O) groups is 3. The lowest BCUT2D eigenvalue weighted by molar-refractivity contribution is -0.145. The van der Waals surface area contributed by atoms with Crippen LogP contribution in [0.3, 0.4) is 0 Å². The van der Waals surface area contributed by atoms with Gasteiger partial charge in [0, 0.05) is 18.9 Å². The number of amides is 2. The van der Waals surface area contributed by atoms with E-state index < -0.39 is 5.92 Å². The molecule has 1 aliphatic heterocycles. The molecule has 3 N–H and O–H groups in total. The maximum absolute atomic E-state index is 13.1. The van der Waals surface area contributed by atoms with Crippen LogP contribution in [0, 0.1) is 11.8 Å². The molecule has 0 spiro atoms. The Labute approximate surface area is 186 Å². The highest BCUT2D eigenvalue weighted by molar-refractivity contribution is 5.86. The van der Waals surface area contributed by atoms with E-state index in [1.54, 1.807) is 6.92 Å². The number of aliphatic hydroxyl groups is 1. The second-order valence-corrected chi connectivity index (χ2v) is 9.13. The van der Waals surface area contributed by atoms with Gasteiger partial charge in [-0.1, -0.05) is 44.3 Å². The molecule has 0 radical (unpaired) electrons. The molecule has 1 saturated carbocycles. The summed E-state index contributed by atoms with van der Waals surface area (Å²) in [5, 5.41) is 15.0. The molecular formula is C24H40N2O5. The fourth-order valence-corrected chi connectivity index (χ4v) is 4.37. The van der Waals surface area contributed by atoms with Gasteiger partial charge in [0.1, 0.15) is 6.61 Å². The van der Waals surface area contributed by atoms with E-state index in [0.717, 1.165) is 38.5 Å². The van der Waals surface area contributed by atoms with Crippen LogP contribution in [0.5, 0.6) is 0 Å². The van der Waals surface area contributed by atoms with Crippen molar-refractivity contribution in [2.45, 2.75) is 96.1 Å². The summed E-state index contributed by atoms with van der Waals surface area (Å²) in [5.41, 5.74) is 0. The molecule has 3 atom stereocenters. The highest BCUT2D eigenvalue weighted by Crippen LogP contribution is 2.27. The molecule has 2 amide bonds. The van der Waals surface area contributed by atoms with Gasteiger partial charge in [-0.3, -0.25) is 14.4 Å². The van der Waals surface area contributed by atoms with Gasteiger partial charge in [-0.15, -0.1) is 0 Å². The van der Waals surface area contributed by atoms with E-state index in [1.165, 1.54) is 19.3 Å². The lowest BCUT2D eigenvalue weighted by Crippen LogP contribution is -2.45. The minimum atomic E-state index is -0.491. The van der Waals surface area contributed by atoms with Crippen molar-refractivity contribution in [3.05, 3.63) is 12.2 Å². The molecule has 2 aliphatic rings. The molecule has 1 heterocycles. The van der Waals surface area contributed by atoms with Gasteiger partial charge in [-0.05, 0) is 44.9 Å². The highest BCUT2D eigenvalue weighted by Gasteiger charge is 2.27. The normalized spacial score (nSPS) is 25.7. The first-order valence-electron chi connectivity index (χ1n) is 12.0. The second-order valence-electron chi connectivity index (χ2n) is 9.13. The number of rotatable bonds is 6. The maximum atomic E-state index is 13.1. The van der Waals surface area contributed by atoms with Gasteiger partial charge >= 0.3 is 5.97 Å². The summed E-state index contributed by atoms with van der Waals surface area (Å²) in [4.78, 5) is 37.5. The summed E-state index contributed by atoms with van der Waals surface area (Å²) >= 11 is 0. The summed E-state index contributed by atoms with van der Waals surface area (Å²) in [6, 6.07) is -0.573. The molecule has 1 aliphatic carbocycles. The molecule has 7 heteroatoms. The van der Waals surface area contributed by atoms with Gasteiger partial charge in [0.15, 0.2) is 0 Å². The zero-order valence-electron chi connectivity index (χ0n) is 18.9. The monoisotopic (exact) mass is 436 g/mol. The highest BCUT2D eigenvalue weighted by atomic mass is 16.5. The van der Waals surface area contributed by atoms with Crippen LogP contribution < -0.4 is 10.6 Å². The van der Waals surface area contributed by atoms with E-state index in [0.29, 0.717) is 18.8 Å². The first-order valence-corrected chi connectivity index (χ1v) is 12.0. The Morgan fingerprint density at radius 2 is 1.97 bits per heavy atom. The molecule has 0 saturated heterocycles. The minimum Gasteiger partial charge on any atom is -0.463 e. The van der Waals surface area contributed by atoms with Crippen molar-refractivity contribution in [2.24, 2.45) is 11.8 Å². The summed E-state index contributed by atoms with van der Waals surface area (Å²) in [7, 11) is 0. The summed E-state index contributed by atoms with van der Waals surface area (Å²) in [6.45, 7) is 1.77. The molecule has 176 valence electrons. The Morgan fingerprint density at radius 3 is 2.71 bits per heavy atom. The maximum Gasteiger partial charge on any atom is 0.305 e. The standard InChI is InChI=1S/C24H40N2O5/c1-18(16-27)25-22(28)15-20-12-8-3-2-4-9-13-23(29)31-17-21(26-24(20)30)14-19-10-6-5-7-11-19/h3,8,18-21,27H,2,4-7,9-17H2,1H3,(H,25,28)(H,26,30)/t18-,20-,21+/m1/s1. The van der Waals surface area contributed by atoms with Crippen LogP contribution in [0.2, 0.25) is 0 Å². The molecule has 7 nitrogen and oxygen atoms in total. The van der Waals surface area contributed by atoms with E-state index in [9.17, 15) is 14.4 Å². The Hall–Kier alpha value is -1.89. The van der Waals surface area contributed by atoms with Crippen LogP contribution in [0.4, 0.5) is 0 Å². The molecule has 1 fully saturated rings. The fraction of sp³-hybridized carbons (Fsp3) is 0.792. The summed E-state index contributed by atoms with van der Waals surface area (Å²) in [6.07, 6.45) is 14.2. The van der Waals surface area contributed by atoms with Crippen molar-refractivity contribution in [3.63, 3.8) is 0 Å². The van der Waals surface area contributed by atoms with Crippen LogP contribution >= 0.6 is 0 Å². The van der Waals surface area contributed by atoms with Gasteiger partial charge in [0.25, 0.3) is 0 Å². The lowest BCUT2D eigenvalue weighted by atomic mass is 9.84. The average molecular weight is 437 g/mol. The SMILES string of the molecule is C[C@H](CO)NC(=O)C[C@H]1CC=CCCCCC(=O)OC[C@H](CC2CCCCC2)NC1=O. The quantitative estimate of drug-likeness (QED) is 0.439. The third kappa shape index (κ3) is 10.3. The summed E-state index contributed by atoms with van der Waals surface area (Å²) < 4.78 is 5.49. The third-order valence-corrected chi connectivity index (χ3v) is 6.21. The van der Waals surface area contributed by atoms with E-state index in [-0.39, 0.29) is 49.5 Å². The molecule has 0 bridgehead atoms. The predicted molar refractivity (Wildman–Crippen MR) is 119 cm³/mol. The number of esters is 1. The molecule has 0 aromatic carbocycles. The van der Waals surface area contributed by atoms with Crippen LogP contribution in [0.1, 0.15) is 84.0 Å². The molecule has 0 aromatic rings. The van der Waals surface area contributed by atoms with Gasteiger partial charge < -0.3 is 20.5 Å². The van der Waals surface area contributed by atoms with E-state index in [1.807, 2.05) is 12.2 Å². The van der Waals surface area contributed by atoms with Crippen LogP contribution in [-0.2, 0) is 19.1 Å². The number of cyclic esters (lactones) is 1. The topological polar surface area (TPSA) is 105 Å². The smallest absolute Gasteiger partial charge is 0.305 e. The van der Waals surface area contributed by atoms with Crippen molar-refractivity contribution in [1.29, 1.82) is 0 Å². The molecular weight excluding hydrogens is 396 g/mol. The largest absolute Gasteiger partial charge is 0.463 e. The first-order chi connectivity index (χ1) is 15.0. The van der Waals surface area contributed by atoms with Gasteiger partial charge in [0.2, 0.25) is 11.8 Å². The van der Waals surface area contributed by atoms with Gasteiger partial charge in [-0.25, -0.2) is 0 Å². The van der Waals surface area contributed by atoms with Crippen molar-refractivity contribution in [2.75, 3.05) is 13.2 Å². The minimum absolute atomic E-state index is 0.0659. The van der Waals surface area contributed by atoms with Crippen LogP contribution in [-0.4, -0.2) is 48.2 Å². The zero-order chi connectivity index (χ0) is 22.5. The Balaban J connectivity index is 2.06. The molecule has 2 rings (SSSR count). The molecule has 0 unspecified atom stereocenters. The fourth-order valence-electron chi connectivity index (χ4n) is 4.37. The second kappa shape index (κ2) is 14.2. The molecule has 0 aromatic heterocycles. The predicted octanol–water partition coefficient (Wildman–Crippen LogP) is 3.01. The van der Waals surface area contributed by atoms with Crippen molar-refractivity contribution < 1.29 is 24.2 Å². The number of hydrogen-bond acceptors (Lipinski definition) is 5. The number of aliphatic hydroxyl groups excluding tert-OH is 1. The van der Waals surface area contributed by atoms with Crippen LogP contribution in [0.15, 0.2) is 12.2 Å². The van der Waals surface area contributed by atoms with Crippen molar-refractivity contribution in [3.8, 4) is 0 Å². The van der Waals surface area contributed by atoms with E-state index in [4.69, 9.17) is 9.84 Å². The number of allylic oxidation sites excluding steroid dienone is 2. The number of ether oxygens (including phenoxy) is 1. The lowest BCUT2D eigenvalue weighted by Gasteiger charge is -2.28. The van der Waals surface area contributed by atoms with E-state index >= 15 is 0 Å². The van der Waals surface area contributed by atoms with Gasteiger partial charge in [-0.2, -0.15) is 0 Å². The average Bonchev–Trinajstić information content (AvgIpc) is 2.75. The third-order valence-electron chi connectivity index (χ3n) is 6.21. The Morgan fingerprint density at radius 1 is 1.19 bits per heavy atom. The first kappa shape index (κ1) is 25.4. The number of carbonyl (C=O) groups excluding carboxylic acids is 3. The molecule has 31 heavy (non-hydrogen) atoms. The summed E-state index contributed by atoms with van der Waals surface area (Å²) in [5.74, 6) is -0.590. The number of nitrogens with one attached hydrogen (secondary N) is 2. The van der Waals surface area contributed by atoms with Crippen molar-refractivity contribution in [1.82, 2.24) is 10.6 Å².